The maximum atomic E-state index is 13.0. The molecule has 63 heavy (non-hydrogen) atoms. The van der Waals surface area contributed by atoms with E-state index in [-0.39, 0.29) is 22.8 Å². The summed E-state index contributed by atoms with van der Waals surface area (Å²) in [5.41, 5.74) is -3.76. The smallest absolute Gasteiger partial charge is 0.149 e. The number of rotatable bonds is 8. The van der Waals surface area contributed by atoms with E-state index in [0.717, 1.165) is 27.8 Å². The number of para-hydroxylation sites is 1. The monoisotopic (exact) mass is 841 g/mol. The summed E-state index contributed by atoms with van der Waals surface area (Å²) in [6.07, 6.45) is 1.70. The van der Waals surface area contributed by atoms with E-state index in [0.29, 0.717) is 39.6 Å². The van der Waals surface area contributed by atoms with Crippen molar-refractivity contribution < 1.29 is 31.2 Å². The van der Waals surface area contributed by atoms with Gasteiger partial charge in [-0.05, 0) is 121 Å². The van der Waals surface area contributed by atoms with Crippen molar-refractivity contribution in [1.82, 2.24) is 14.5 Å². The summed E-state index contributed by atoms with van der Waals surface area (Å²) in [5, 5.41) is 13.0. The first-order valence-corrected chi connectivity index (χ1v) is 20.4. The number of phenols is 1. The number of phenolic OH excluding ortho intramolecular Hbond substituents is 1. The highest BCUT2D eigenvalue weighted by Crippen LogP contribution is 2.45. The summed E-state index contributed by atoms with van der Waals surface area (Å²) in [6.45, 7) is -21.3. The average molecular weight is 841 g/mol. The van der Waals surface area contributed by atoms with Crippen LogP contribution in [0.25, 0.3) is 83.9 Å². The van der Waals surface area contributed by atoms with Crippen LogP contribution in [0.5, 0.6) is 5.75 Å². The number of aromatic nitrogens is 3. The first-order valence-electron chi connectivity index (χ1n) is 29.9. The number of hydrogen-bond acceptors (Lipinski definition) is 3. The summed E-state index contributed by atoms with van der Waals surface area (Å²) in [7, 11) is 0. The Bertz CT molecular complexity index is 3760. The van der Waals surface area contributed by atoms with E-state index >= 15 is 0 Å². The lowest BCUT2D eigenvalue weighted by Crippen LogP contribution is -2.17. The van der Waals surface area contributed by atoms with Crippen LogP contribution in [0.15, 0.2) is 176 Å². The second-order valence-corrected chi connectivity index (χ2v) is 15.9. The van der Waals surface area contributed by atoms with E-state index < -0.39 is 86.1 Å². The molecule has 0 radical (unpaired) electrons. The number of imidazole rings is 1. The van der Waals surface area contributed by atoms with Crippen LogP contribution >= 0.6 is 0 Å². The molecule has 0 aliphatic carbocycles. The normalized spacial score (nSPS) is 17.8. The molecule has 0 aliphatic heterocycles. The van der Waals surface area contributed by atoms with Crippen LogP contribution in [0.3, 0.4) is 0 Å². The van der Waals surface area contributed by atoms with Crippen molar-refractivity contribution in [2.75, 3.05) is 0 Å². The van der Waals surface area contributed by atoms with Gasteiger partial charge in [0.1, 0.15) is 11.6 Å². The number of nitrogens with zero attached hydrogens (tertiary/aromatic N) is 3. The van der Waals surface area contributed by atoms with Gasteiger partial charge in [-0.25, -0.2) is 4.98 Å². The lowest BCUT2D eigenvalue weighted by molar-refractivity contribution is 0.446. The zero-order valence-corrected chi connectivity index (χ0v) is 34.5. The van der Waals surface area contributed by atoms with Crippen molar-refractivity contribution in [2.24, 2.45) is 0 Å². The quantitative estimate of drug-likeness (QED) is 0.166. The fraction of sp³-hybridized carbons (Fsp3) is 0.186. The summed E-state index contributed by atoms with van der Waals surface area (Å²) in [5.74, 6) is -3.21. The van der Waals surface area contributed by atoms with Crippen LogP contribution < -0.4 is 0 Å². The largest absolute Gasteiger partial charge is 0.507 e. The predicted molar refractivity (Wildman–Crippen MR) is 265 cm³/mol. The number of benzene rings is 7. The van der Waals surface area contributed by atoms with Gasteiger partial charge in [0.15, 0.2) is 0 Å². The van der Waals surface area contributed by atoms with Gasteiger partial charge in [-0.15, -0.1) is 0 Å². The van der Waals surface area contributed by atoms with Gasteiger partial charge in [-0.2, -0.15) is 0 Å². The maximum Gasteiger partial charge on any atom is 0.149 e. The summed E-state index contributed by atoms with van der Waals surface area (Å²) in [4.78, 5) is 9.93. The van der Waals surface area contributed by atoms with E-state index in [4.69, 9.17) is 34.6 Å². The van der Waals surface area contributed by atoms with Crippen molar-refractivity contribution in [2.45, 2.75) is 71.7 Å². The highest BCUT2D eigenvalue weighted by atomic mass is 16.3. The van der Waals surface area contributed by atoms with Gasteiger partial charge in [0.05, 0.1) is 22.3 Å². The molecule has 0 spiro atoms. The van der Waals surface area contributed by atoms with Crippen LogP contribution in [0.1, 0.15) is 104 Å². The van der Waals surface area contributed by atoms with Crippen molar-refractivity contribution in [1.29, 1.82) is 0 Å². The molecule has 0 bridgehead atoms. The van der Waals surface area contributed by atoms with Gasteiger partial charge >= 0.3 is 0 Å². The van der Waals surface area contributed by atoms with Gasteiger partial charge in [-0.1, -0.05) is 170 Å². The molecule has 0 aliphatic rings. The molecule has 2 heterocycles. The molecule has 4 nitrogen and oxygen atoms in total. The van der Waals surface area contributed by atoms with E-state index in [1.54, 1.807) is 56.4 Å². The molecular weight excluding hydrogens is 767 g/mol. The molecule has 312 valence electrons. The molecular formula is C59H55N3O. The Hall–Kier alpha value is -7.04. The van der Waals surface area contributed by atoms with Crippen LogP contribution in [0.4, 0.5) is 0 Å². The number of hydrogen-bond donors (Lipinski definition) is 1. The summed E-state index contributed by atoms with van der Waals surface area (Å²) < 4.78 is 168. The molecule has 0 saturated carbocycles. The third kappa shape index (κ3) is 8.10. The Balaban J connectivity index is 1.48. The van der Waals surface area contributed by atoms with Crippen molar-refractivity contribution in [3.8, 4) is 78.6 Å². The Kier molecular flexibility index (Phi) is 6.37. The highest BCUT2D eigenvalue weighted by molar-refractivity contribution is 5.98. The standard InChI is InChI=1S/C59H55N3O/c1-38(2)50-37-47(27-28-48(50)41-23-16-11-17-24-41)62-54-26-18-25-49(55(54)61-57(62)51-35-46(58(3,4)5)36-52(56(51)63)59(6,7)8)44-31-43(40-21-14-10-15-22-40)32-45(33-44)53-34-42(29-30-60-53)39-19-12-9-13-20-39/h9-38,63H,1-8H3/i3D3,4D3,5D3,6D3,7D3,8D3,38D. The first-order chi connectivity index (χ1) is 38.0. The van der Waals surface area contributed by atoms with Crippen molar-refractivity contribution in [3.05, 3.63) is 193 Å². The van der Waals surface area contributed by atoms with E-state index in [9.17, 15) is 6.48 Å². The van der Waals surface area contributed by atoms with Crippen molar-refractivity contribution >= 4 is 11.0 Å². The van der Waals surface area contributed by atoms with Crippen LogP contribution in [-0.4, -0.2) is 19.6 Å². The number of pyridine rings is 1. The SMILES string of the molecule is [2H]C(C)(C)c1cc(-n2c(-c3cc(C(C([2H])([2H])[2H])(C([2H])([2H])[2H])C([2H])([2H])[2H])cc(C(C([2H])([2H])[2H])(C([2H])([2H])[2H])C([2H])([2H])[2H])c3O)nc3c(-c4cc(-c5ccccc5)cc(-c5cc(-c6ccccc6)ccn5)c4)cccc32)ccc1-c1ccccc1. The van der Waals surface area contributed by atoms with Crippen LogP contribution in [0, 0.1) is 0 Å². The Morgan fingerprint density at radius 1 is 0.540 bits per heavy atom. The Morgan fingerprint density at radius 2 is 1.17 bits per heavy atom. The molecule has 0 saturated heterocycles. The number of aromatic hydroxyl groups is 1. The third-order valence-corrected chi connectivity index (χ3v) is 11.3. The lowest BCUT2D eigenvalue weighted by Gasteiger charge is -2.27. The second-order valence-electron chi connectivity index (χ2n) is 15.9. The van der Waals surface area contributed by atoms with E-state index in [2.05, 4.69) is 0 Å². The van der Waals surface area contributed by atoms with Gasteiger partial charge in [0, 0.05) is 54.6 Å². The molecule has 2 aromatic heterocycles. The third-order valence-electron chi connectivity index (χ3n) is 11.3. The minimum atomic E-state index is -4.16. The Morgan fingerprint density at radius 3 is 1.84 bits per heavy atom. The Labute approximate surface area is 399 Å². The minimum Gasteiger partial charge on any atom is -0.507 e. The zero-order chi connectivity index (χ0) is 60.0. The average Bonchev–Trinajstić information content (AvgIpc) is 0.897. The summed E-state index contributed by atoms with van der Waals surface area (Å²) in [6, 6.07) is 49.1. The zero-order valence-electron chi connectivity index (χ0n) is 53.5. The summed E-state index contributed by atoms with van der Waals surface area (Å²) >= 11 is 0. The van der Waals surface area contributed by atoms with Gasteiger partial charge in [0.2, 0.25) is 0 Å². The molecule has 1 N–H and O–H groups in total. The van der Waals surface area contributed by atoms with E-state index in [1.165, 1.54) is 4.57 Å². The van der Waals surface area contributed by atoms with Gasteiger partial charge in [0.25, 0.3) is 0 Å². The lowest BCUT2D eigenvalue weighted by atomic mass is 9.79. The highest BCUT2D eigenvalue weighted by Gasteiger charge is 2.29. The van der Waals surface area contributed by atoms with Gasteiger partial charge in [-0.3, -0.25) is 9.55 Å². The fourth-order valence-corrected chi connectivity index (χ4v) is 8.16. The van der Waals surface area contributed by atoms with Crippen LogP contribution in [-0.2, 0) is 10.8 Å². The predicted octanol–water partition coefficient (Wildman–Crippen LogP) is 15.8. The molecule has 0 unspecified atom stereocenters. The first kappa shape index (κ1) is 24.6. The fourth-order valence-electron chi connectivity index (χ4n) is 8.16. The molecule has 9 aromatic rings. The molecule has 4 heteroatoms. The van der Waals surface area contributed by atoms with E-state index in [1.807, 2.05) is 121 Å². The molecule has 0 amide bonds. The molecule has 9 rings (SSSR count). The van der Waals surface area contributed by atoms with Gasteiger partial charge < -0.3 is 5.11 Å². The van der Waals surface area contributed by atoms with Crippen LogP contribution in [0.2, 0.25) is 0 Å². The number of fused-ring (bicyclic) bond motifs is 1. The van der Waals surface area contributed by atoms with Crippen molar-refractivity contribution in [3.63, 3.8) is 0 Å². The maximum absolute atomic E-state index is 13.0. The minimum absolute atomic E-state index is 0.132. The molecule has 0 fully saturated rings. The molecule has 7 aromatic carbocycles. The topological polar surface area (TPSA) is 50.9 Å². The molecule has 0 atom stereocenters. The second kappa shape index (κ2) is 16.3.